The van der Waals surface area contributed by atoms with Crippen LogP contribution in [0.2, 0.25) is 0 Å². The zero-order chi connectivity index (χ0) is 25.1. The van der Waals surface area contributed by atoms with E-state index < -0.39 is 23.5 Å². The molecule has 2 heterocycles. The highest BCUT2D eigenvalue weighted by atomic mass is 16.5. The van der Waals surface area contributed by atoms with E-state index in [2.05, 4.69) is 56.0 Å². The van der Waals surface area contributed by atoms with E-state index in [9.17, 15) is 14.7 Å². The molecule has 0 aliphatic carbocycles. The summed E-state index contributed by atoms with van der Waals surface area (Å²) in [6, 6.07) is 29.8. The van der Waals surface area contributed by atoms with Crippen LogP contribution in [0.5, 0.6) is 0 Å². The van der Waals surface area contributed by atoms with Crippen LogP contribution in [0.4, 0.5) is 0 Å². The molecule has 0 radical (unpaired) electrons. The van der Waals surface area contributed by atoms with Gasteiger partial charge in [0.05, 0.1) is 25.2 Å². The lowest BCUT2D eigenvalue weighted by Gasteiger charge is -2.37. The first-order chi connectivity index (χ1) is 17.6. The van der Waals surface area contributed by atoms with Gasteiger partial charge >= 0.3 is 5.97 Å². The van der Waals surface area contributed by atoms with Gasteiger partial charge in [-0.25, -0.2) is 9.78 Å². The van der Waals surface area contributed by atoms with E-state index >= 15 is 0 Å². The largest absolute Gasteiger partial charge is 0.509 e. The average Bonchev–Trinajstić information content (AvgIpc) is 3.50. The monoisotopic (exact) mass is 479 g/mol. The predicted molar refractivity (Wildman–Crippen MR) is 134 cm³/mol. The molecule has 1 amide bonds. The molecular weight excluding hydrogens is 454 g/mol. The number of hydrogen-bond acceptors (Lipinski definition) is 5. The van der Waals surface area contributed by atoms with Crippen LogP contribution in [0.15, 0.2) is 115 Å². The highest BCUT2D eigenvalue weighted by molar-refractivity contribution is 6.18. The minimum atomic E-state index is -0.866. The van der Waals surface area contributed by atoms with Gasteiger partial charge in [0.1, 0.15) is 11.3 Å². The maximum atomic E-state index is 12.2. The van der Waals surface area contributed by atoms with Gasteiger partial charge in [-0.1, -0.05) is 91.0 Å². The number of carbonyl (C=O) groups is 2. The van der Waals surface area contributed by atoms with Crippen LogP contribution >= 0.6 is 0 Å². The number of esters is 1. The van der Waals surface area contributed by atoms with Crippen LogP contribution in [0.3, 0.4) is 0 Å². The Balaban J connectivity index is 1.63. The van der Waals surface area contributed by atoms with E-state index in [4.69, 9.17) is 0 Å². The van der Waals surface area contributed by atoms with Crippen LogP contribution in [-0.2, 0) is 26.3 Å². The van der Waals surface area contributed by atoms with Gasteiger partial charge in [0.15, 0.2) is 5.57 Å². The van der Waals surface area contributed by atoms with Gasteiger partial charge in [-0.3, -0.25) is 4.79 Å². The number of amides is 1. The summed E-state index contributed by atoms with van der Waals surface area (Å²) in [5.41, 5.74) is 2.71. The molecule has 2 N–H and O–H groups in total. The van der Waals surface area contributed by atoms with Gasteiger partial charge < -0.3 is 19.7 Å². The fourth-order valence-electron chi connectivity index (χ4n) is 4.88. The summed E-state index contributed by atoms with van der Waals surface area (Å²) in [5.74, 6) is -1.85. The number of imidazole rings is 1. The smallest absolute Gasteiger partial charge is 0.347 e. The molecule has 0 saturated carbocycles. The molecule has 0 spiro atoms. The molecule has 3 aromatic carbocycles. The van der Waals surface area contributed by atoms with Crippen LogP contribution in [0.1, 0.15) is 22.4 Å². The summed E-state index contributed by atoms with van der Waals surface area (Å²) in [4.78, 5) is 28.8. The number of aliphatic hydroxyl groups is 1. The van der Waals surface area contributed by atoms with E-state index in [1.165, 1.54) is 7.11 Å². The van der Waals surface area contributed by atoms with Gasteiger partial charge in [-0.15, -0.1) is 0 Å². The topological polar surface area (TPSA) is 93.4 Å². The van der Waals surface area contributed by atoms with Crippen molar-refractivity contribution in [3.63, 3.8) is 0 Å². The number of methoxy groups -OCH3 is 1. The number of aliphatic hydroxyl groups excluding tert-OH is 1. The molecule has 1 unspecified atom stereocenters. The number of carbonyl (C=O) groups excluding carboxylic acids is 2. The first-order valence-electron chi connectivity index (χ1n) is 11.6. The third-order valence-electron chi connectivity index (χ3n) is 6.52. The molecule has 4 aromatic rings. The fourth-order valence-corrected chi connectivity index (χ4v) is 4.88. The van der Waals surface area contributed by atoms with Gasteiger partial charge in [0, 0.05) is 12.6 Å². The predicted octanol–water partition coefficient (Wildman–Crippen LogP) is 3.75. The Morgan fingerprint density at radius 1 is 0.944 bits per heavy atom. The summed E-state index contributed by atoms with van der Waals surface area (Å²) < 4.78 is 6.69. The highest BCUT2D eigenvalue weighted by Gasteiger charge is 2.40. The molecule has 1 aromatic heterocycles. The van der Waals surface area contributed by atoms with Gasteiger partial charge in [0.2, 0.25) is 0 Å². The van der Waals surface area contributed by atoms with Crippen molar-refractivity contribution in [3.05, 3.63) is 137 Å². The van der Waals surface area contributed by atoms with Crippen molar-refractivity contribution >= 4 is 11.9 Å². The van der Waals surface area contributed by atoms with Crippen molar-refractivity contribution in [1.82, 2.24) is 14.9 Å². The van der Waals surface area contributed by atoms with Crippen molar-refractivity contribution < 1.29 is 19.4 Å². The quantitative estimate of drug-likeness (QED) is 0.239. The zero-order valence-electron chi connectivity index (χ0n) is 19.7. The first kappa shape index (κ1) is 23.1. The van der Waals surface area contributed by atoms with Gasteiger partial charge in [-0.05, 0) is 16.7 Å². The molecule has 0 fully saturated rings. The Hall–Kier alpha value is -4.65. The van der Waals surface area contributed by atoms with Crippen molar-refractivity contribution in [2.45, 2.75) is 18.0 Å². The molecule has 36 heavy (non-hydrogen) atoms. The maximum Gasteiger partial charge on any atom is 0.347 e. The number of nitrogens with one attached hydrogen (secondary N) is 1. The minimum absolute atomic E-state index is 0.208. The lowest BCUT2D eigenvalue weighted by atomic mass is 9.77. The summed E-state index contributed by atoms with van der Waals surface area (Å²) in [6.07, 6.45) is 3.89. The highest BCUT2D eigenvalue weighted by Crippen LogP contribution is 2.40. The molecule has 5 rings (SSSR count). The second-order valence-electron chi connectivity index (χ2n) is 8.56. The van der Waals surface area contributed by atoms with Crippen molar-refractivity contribution in [1.29, 1.82) is 0 Å². The SMILES string of the molecule is COC(=O)C1=C(O)C(Cc2cn(C(c3ccccc3)(c3ccccc3)c3ccccc3)cn2)NC1=O. The Bertz CT molecular complexity index is 1320. The van der Waals surface area contributed by atoms with Gasteiger partial charge in [-0.2, -0.15) is 0 Å². The summed E-state index contributed by atoms with van der Waals surface area (Å²) >= 11 is 0. The second-order valence-corrected chi connectivity index (χ2v) is 8.56. The Morgan fingerprint density at radius 3 is 1.92 bits per heavy atom. The third kappa shape index (κ3) is 3.84. The van der Waals surface area contributed by atoms with Crippen LogP contribution < -0.4 is 5.32 Å². The number of ether oxygens (including phenoxy) is 1. The normalized spacial score (nSPS) is 15.6. The lowest BCUT2D eigenvalue weighted by Crippen LogP contribution is -2.37. The average molecular weight is 480 g/mol. The first-order valence-corrected chi connectivity index (χ1v) is 11.6. The van der Waals surface area contributed by atoms with E-state index in [1.807, 2.05) is 60.8 Å². The van der Waals surface area contributed by atoms with E-state index in [1.54, 1.807) is 6.33 Å². The Kier molecular flexibility index (Phi) is 6.12. The number of nitrogens with zero attached hydrogens (tertiary/aromatic N) is 2. The van der Waals surface area contributed by atoms with Crippen LogP contribution in [-0.4, -0.2) is 39.7 Å². The lowest BCUT2D eigenvalue weighted by molar-refractivity contribution is -0.137. The van der Waals surface area contributed by atoms with Gasteiger partial charge in [0.25, 0.3) is 5.91 Å². The van der Waals surface area contributed by atoms with Crippen molar-refractivity contribution in [2.24, 2.45) is 0 Å². The molecule has 0 saturated heterocycles. The van der Waals surface area contributed by atoms with E-state index in [-0.39, 0.29) is 17.8 Å². The third-order valence-corrected chi connectivity index (χ3v) is 6.52. The molecule has 7 nitrogen and oxygen atoms in total. The van der Waals surface area contributed by atoms with E-state index in [0.717, 1.165) is 16.7 Å². The maximum absolute atomic E-state index is 12.2. The van der Waals surface area contributed by atoms with E-state index in [0.29, 0.717) is 5.69 Å². The zero-order valence-corrected chi connectivity index (χ0v) is 19.7. The number of rotatable bonds is 7. The Labute approximate surface area is 208 Å². The van der Waals surface area contributed by atoms with Crippen molar-refractivity contribution in [2.75, 3.05) is 7.11 Å². The number of aromatic nitrogens is 2. The fraction of sp³-hybridized carbons (Fsp3) is 0.138. The van der Waals surface area contributed by atoms with Crippen LogP contribution in [0.25, 0.3) is 0 Å². The summed E-state index contributed by atoms with van der Waals surface area (Å²) in [6.45, 7) is 0. The van der Waals surface area contributed by atoms with Crippen molar-refractivity contribution in [3.8, 4) is 0 Å². The molecule has 1 aliphatic rings. The molecule has 0 bridgehead atoms. The molecule has 7 heteroatoms. The number of benzene rings is 3. The molecular formula is C29H25N3O4. The minimum Gasteiger partial charge on any atom is -0.509 e. The standard InChI is InChI=1S/C29H25N3O4/c1-36-28(35)25-26(33)24(31-27(25)34)17-23-18-32(19-30-23)29(20-11-5-2-6-12-20,21-13-7-3-8-14-21)22-15-9-4-10-16-22/h2-16,18-19,24,33H,17H2,1H3,(H,31,34). The molecule has 180 valence electrons. The Morgan fingerprint density at radius 2 is 1.44 bits per heavy atom. The molecule has 1 atom stereocenters. The second kappa shape index (κ2) is 9.54. The number of hydrogen-bond donors (Lipinski definition) is 2. The van der Waals surface area contributed by atoms with Crippen LogP contribution in [0, 0.1) is 0 Å². The summed E-state index contributed by atoms with van der Waals surface area (Å²) in [5, 5.41) is 13.2. The summed E-state index contributed by atoms with van der Waals surface area (Å²) in [7, 11) is 1.17. The molecule has 1 aliphatic heterocycles.